The molecule has 1 aromatic carbocycles. The van der Waals surface area contributed by atoms with Crippen molar-refractivity contribution in [2.75, 3.05) is 13.1 Å². The van der Waals surface area contributed by atoms with Crippen molar-refractivity contribution in [1.82, 2.24) is 19.6 Å². The quantitative estimate of drug-likeness (QED) is 0.630. The van der Waals surface area contributed by atoms with E-state index in [2.05, 4.69) is 15.3 Å². The number of hydrogen-bond acceptors (Lipinski definition) is 6. The number of fused-ring (bicyclic) bond motifs is 1. The summed E-state index contributed by atoms with van der Waals surface area (Å²) >= 11 is 1.53. The first-order valence-corrected chi connectivity index (χ1v) is 12.4. The Bertz CT molecular complexity index is 1150. The lowest BCUT2D eigenvalue weighted by Crippen LogP contribution is -2.39. The highest BCUT2D eigenvalue weighted by Crippen LogP contribution is 2.33. The predicted octanol–water partition coefficient (Wildman–Crippen LogP) is 3.29. The second-order valence-electron chi connectivity index (χ2n) is 7.34. The zero-order valence-corrected chi connectivity index (χ0v) is 18.4. The Kier molecular flexibility index (Phi) is 6.12. The first-order chi connectivity index (χ1) is 14.5. The maximum atomic E-state index is 13.4. The molecule has 2 aromatic heterocycles. The first kappa shape index (κ1) is 20.9. The molecule has 9 heteroatoms. The number of amides is 1. The Morgan fingerprint density at radius 1 is 1.30 bits per heavy atom. The van der Waals surface area contributed by atoms with Gasteiger partial charge in [0.2, 0.25) is 15.9 Å². The molecule has 0 spiro atoms. The van der Waals surface area contributed by atoms with Gasteiger partial charge in [-0.3, -0.25) is 9.78 Å². The van der Waals surface area contributed by atoms with Gasteiger partial charge >= 0.3 is 0 Å². The number of piperidine rings is 1. The number of thiazole rings is 1. The Balaban J connectivity index is 1.54. The van der Waals surface area contributed by atoms with E-state index < -0.39 is 10.0 Å². The van der Waals surface area contributed by atoms with Gasteiger partial charge in [-0.15, -0.1) is 11.3 Å². The summed E-state index contributed by atoms with van der Waals surface area (Å²) in [5.41, 5.74) is 1.32. The van der Waals surface area contributed by atoms with E-state index in [9.17, 15) is 13.2 Å². The van der Waals surface area contributed by atoms with Crippen LogP contribution in [-0.4, -0.2) is 41.7 Å². The number of aromatic nitrogens is 2. The fourth-order valence-electron chi connectivity index (χ4n) is 3.69. The molecule has 30 heavy (non-hydrogen) atoms. The third kappa shape index (κ3) is 4.23. The van der Waals surface area contributed by atoms with Crippen LogP contribution in [0.2, 0.25) is 0 Å². The largest absolute Gasteiger partial charge is 0.350 e. The van der Waals surface area contributed by atoms with Crippen molar-refractivity contribution < 1.29 is 13.2 Å². The van der Waals surface area contributed by atoms with E-state index >= 15 is 0 Å². The van der Waals surface area contributed by atoms with Crippen LogP contribution in [0.5, 0.6) is 0 Å². The molecule has 1 aliphatic heterocycles. The number of benzene rings is 1. The van der Waals surface area contributed by atoms with Crippen molar-refractivity contribution in [2.24, 2.45) is 0 Å². The topological polar surface area (TPSA) is 92.3 Å². The van der Waals surface area contributed by atoms with E-state index in [4.69, 9.17) is 0 Å². The fourth-order valence-corrected chi connectivity index (χ4v) is 6.33. The van der Waals surface area contributed by atoms with Crippen LogP contribution in [0.1, 0.15) is 42.8 Å². The van der Waals surface area contributed by atoms with Crippen LogP contribution < -0.4 is 5.32 Å². The third-order valence-corrected chi connectivity index (χ3v) is 8.26. The molecule has 0 bridgehead atoms. The Labute approximate surface area is 180 Å². The van der Waals surface area contributed by atoms with Crippen LogP contribution in [0.15, 0.2) is 46.8 Å². The number of nitrogens with zero attached hydrogens (tertiary/aromatic N) is 3. The van der Waals surface area contributed by atoms with E-state index in [0.29, 0.717) is 31.6 Å². The smallest absolute Gasteiger partial charge is 0.245 e. The number of rotatable bonds is 6. The molecule has 0 unspecified atom stereocenters. The maximum Gasteiger partial charge on any atom is 0.245 e. The van der Waals surface area contributed by atoms with Gasteiger partial charge in [0.05, 0.1) is 22.8 Å². The van der Waals surface area contributed by atoms with Crippen LogP contribution in [0.25, 0.3) is 10.9 Å². The predicted molar refractivity (Wildman–Crippen MR) is 117 cm³/mol. The van der Waals surface area contributed by atoms with Crippen LogP contribution in [-0.2, 0) is 21.4 Å². The lowest BCUT2D eigenvalue weighted by Gasteiger charge is -2.31. The van der Waals surface area contributed by atoms with Gasteiger partial charge in [0.1, 0.15) is 4.90 Å². The van der Waals surface area contributed by atoms with Gasteiger partial charge in [-0.2, -0.15) is 4.31 Å². The van der Waals surface area contributed by atoms with E-state index in [-0.39, 0.29) is 16.7 Å². The lowest BCUT2D eigenvalue weighted by molar-refractivity contribution is -0.120. The van der Waals surface area contributed by atoms with E-state index in [1.54, 1.807) is 28.7 Å². The summed E-state index contributed by atoms with van der Waals surface area (Å²) in [7, 11) is -3.66. The minimum atomic E-state index is -3.66. The molecule has 1 saturated heterocycles. The third-order valence-electron chi connectivity index (χ3n) is 5.30. The number of nitrogens with one attached hydrogen (secondary N) is 1. The van der Waals surface area contributed by atoms with Crippen molar-refractivity contribution >= 4 is 38.2 Å². The molecule has 1 fully saturated rings. The number of carbonyl (C=O) groups excluding carboxylic acids is 1. The van der Waals surface area contributed by atoms with Gasteiger partial charge in [-0.1, -0.05) is 25.1 Å². The van der Waals surface area contributed by atoms with Gasteiger partial charge < -0.3 is 5.32 Å². The van der Waals surface area contributed by atoms with Crippen LogP contribution >= 0.6 is 11.3 Å². The summed E-state index contributed by atoms with van der Waals surface area (Å²) in [6.07, 6.45) is 3.74. The number of carbonyl (C=O) groups is 1. The molecule has 158 valence electrons. The maximum absolute atomic E-state index is 13.4. The van der Waals surface area contributed by atoms with Crippen molar-refractivity contribution in [3.63, 3.8) is 0 Å². The zero-order chi connectivity index (χ0) is 21.1. The molecular formula is C21H24N4O3S2. The average Bonchev–Trinajstić information content (AvgIpc) is 3.26. The summed E-state index contributed by atoms with van der Waals surface area (Å²) in [6.45, 7) is 3.11. The minimum Gasteiger partial charge on any atom is -0.350 e. The fraction of sp³-hybridized carbons (Fsp3) is 0.381. The summed E-state index contributed by atoms with van der Waals surface area (Å²) in [4.78, 5) is 20.7. The van der Waals surface area contributed by atoms with E-state index in [1.807, 2.05) is 24.4 Å². The van der Waals surface area contributed by atoms with Gasteiger partial charge in [-0.05, 0) is 25.0 Å². The number of sulfonamides is 1. The van der Waals surface area contributed by atoms with E-state index in [1.165, 1.54) is 11.3 Å². The highest BCUT2D eigenvalue weighted by atomic mass is 32.2. The molecule has 1 amide bonds. The number of hydrogen-bond donors (Lipinski definition) is 1. The second-order valence-corrected chi connectivity index (χ2v) is 10.1. The molecule has 0 radical (unpaired) electrons. The normalized spacial score (nSPS) is 17.8. The molecule has 0 saturated carbocycles. The standard InChI is InChI=1S/C21H24N4O3S2/c1-2-19(26)23-12-17-14-29-21(24-17)16-8-5-11-25(13-16)30(27,28)18-9-3-6-15-7-4-10-22-20(15)18/h3-4,6-7,9-10,14,16H,2,5,8,11-13H2,1H3,(H,23,26)/t16-/m1/s1. The zero-order valence-electron chi connectivity index (χ0n) is 16.7. The monoisotopic (exact) mass is 444 g/mol. The molecule has 7 nitrogen and oxygen atoms in total. The Hall–Kier alpha value is -2.36. The van der Waals surface area contributed by atoms with Gasteiger partial charge in [0.15, 0.2) is 0 Å². The van der Waals surface area contributed by atoms with Crippen molar-refractivity contribution in [3.8, 4) is 0 Å². The summed E-state index contributed by atoms with van der Waals surface area (Å²) in [6, 6.07) is 8.93. The lowest BCUT2D eigenvalue weighted by atomic mass is 10.0. The van der Waals surface area contributed by atoms with Crippen LogP contribution in [0, 0.1) is 0 Å². The number of pyridine rings is 1. The molecule has 1 aliphatic rings. The van der Waals surface area contributed by atoms with Crippen molar-refractivity contribution in [2.45, 2.75) is 43.5 Å². The molecule has 1 atom stereocenters. The highest BCUT2D eigenvalue weighted by molar-refractivity contribution is 7.89. The summed E-state index contributed by atoms with van der Waals surface area (Å²) in [5.74, 6) is 0.0419. The Morgan fingerprint density at radius 3 is 2.97 bits per heavy atom. The van der Waals surface area contributed by atoms with Crippen LogP contribution in [0.4, 0.5) is 0 Å². The summed E-state index contributed by atoms with van der Waals surface area (Å²) in [5, 5.41) is 6.50. The van der Waals surface area contributed by atoms with Crippen molar-refractivity contribution in [1.29, 1.82) is 0 Å². The number of para-hydroxylation sites is 1. The van der Waals surface area contributed by atoms with Gasteiger partial charge in [0, 0.05) is 42.4 Å². The summed E-state index contributed by atoms with van der Waals surface area (Å²) < 4.78 is 28.4. The molecule has 3 aromatic rings. The molecule has 4 rings (SSSR count). The SMILES string of the molecule is CCC(=O)NCc1csc([C@@H]2CCCN(S(=O)(=O)c3cccc4cccnc34)C2)n1. The van der Waals surface area contributed by atoms with Crippen LogP contribution in [0.3, 0.4) is 0 Å². The molecule has 3 heterocycles. The average molecular weight is 445 g/mol. The second kappa shape index (κ2) is 8.79. The highest BCUT2D eigenvalue weighted by Gasteiger charge is 2.33. The Morgan fingerprint density at radius 2 is 2.13 bits per heavy atom. The molecule has 1 N–H and O–H groups in total. The van der Waals surface area contributed by atoms with Crippen molar-refractivity contribution in [3.05, 3.63) is 52.6 Å². The minimum absolute atomic E-state index is 0.0109. The molecular weight excluding hydrogens is 420 g/mol. The van der Waals surface area contributed by atoms with Gasteiger partial charge in [-0.25, -0.2) is 13.4 Å². The van der Waals surface area contributed by atoms with Gasteiger partial charge in [0.25, 0.3) is 0 Å². The molecule has 0 aliphatic carbocycles. The van der Waals surface area contributed by atoms with E-state index in [0.717, 1.165) is 28.9 Å². The first-order valence-electron chi connectivity index (χ1n) is 10.0.